The molecule has 1 saturated carbocycles. The average Bonchev–Trinajstić information content (AvgIpc) is 2.43. The van der Waals surface area contributed by atoms with Crippen LogP contribution in [0.25, 0.3) is 0 Å². The number of carboxylic acids is 1. The van der Waals surface area contributed by atoms with E-state index < -0.39 is 23.3 Å². The summed E-state index contributed by atoms with van der Waals surface area (Å²) >= 11 is 5.82. The SMILES string of the molecule is O=C([O-])c1cc(Cl)c(OCCC2CCC(F)(F)CC2)cc1F. The third kappa shape index (κ3) is 4.29. The summed E-state index contributed by atoms with van der Waals surface area (Å²) in [7, 11) is 0. The van der Waals surface area contributed by atoms with Crippen molar-refractivity contribution in [3.63, 3.8) is 0 Å². The molecular formula is C15H15ClF3O3-. The number of alkyl halides is 2. The Morgan fingerprint density at radius 3 is 2.59 bits per heavy atom. The molecule has 0 radical (unpaired) electrons. The van der Waals surface area contributed by atoms with E-state index in [2.05, 4.69) is 0 Å². The van der Waals surface area contributed by atoms with Crippen molar-refractivity contribution >= 4 is 17.6 Å². The Morgan fingerprint density at radius 2 is 2.00 bits per heavy atom. The molecule has 3 nitrogen and oxygen atoms in total. The van der Waals surface area contributed by atoms with Crippen molar-refractivity contribution in [3.8, 4) is 5.75 Å². The van der Waals surface area contributed by atoms with E-state index in [0.29, 0.717) is 19.3 Å². The summed E-state index contributed by atoms with van der Waals surface area (Å²) < 4.78 is 44.9. The van der Waals surface area contributed by atoms with Gasteiger partial charge in [-0.1, -0.05) is 11.6 Å². The number of halogens is 4. The first-order valence-corrected chi connectivity index (χ1v) is 7.37. The lowest BCUT2D eigenvalue weighted by molar-refractivity contribution is -0.255. The Balaban J connectivity index is 1.87. The molecule has 0 amide bonds. The number of hydrogen-bond acceptors (Lipinski definition) is 3. The van der Waals surface area contributed by atoms with Crippen molar-refractivity contribution in [1.29, 1.82) is 0 Å². The Bertz CT molecular complexity index is 553. The lowest BCUT2D eigenvalue weighted by Gasteiger charge is -2.28. The van der Waals surface area contributed by atoms with E-state index >= 15 is 0 Å². The quantitative estimate of drug-likeness (QED) is 0.828. The molecular weight excluding hydrogens is 321 g/mol. The number of aromatic carboxylic acids is 1. The zero-order chi connectivity index (χ0) is 16.3. The number of benzene rings is 1. The molecule has 7 heteroatoms. The highest BCUT2D eigenvalue weighted by Crippen LogP contribution is 2.37. The van der Waals surface area contributed by atoms with Crippen LogP contribution < -0.4 is 9.84 Å². The fraction of sp³-hybridized carbons (Fsp3) is 0.533. The van der Waals surface area contributed by atoms with Crippen molar-refractivity contribution in [1.82, 2.24) is 0 Å². The Hall–Kier alpha value is -1.43. The van der Waals surface area contributed by atoms with Crippen molar-refractivity contribution in [2.75, 3.05) is 6.61 Å². The van der Waals surface area contributed by atoms with Gasteiger partial charge in [-0.2, -0.15) is 0 Å². The Labute approximate surface area is 131 Å². The first kappa shape index (κ1) is 16.9. The van der Waals surface area contributed by atoms with Crippen molar-refractivity contribution in [2.45, 2.75) is 38.0 Å². The zero-order valence-electron chi connectivity index (χ0n) is 11.7. The maximum atomic E-state index is 13.5. The summed E-state index contributed by atoms with van der Waals surface area (Å²) in [5, 5.41) is 10.6. The molecule has 1 aliphatic rings. The van der Waals surface area contributed by atoms with Gasteiger partial charge < -0.3 is 14.6 Å². The molecule has 1 aromatic rings. The minimum Gasteiger partial charge on any atom is -0.545 e. The number of rotatable bonds is 5. The van der Waals surface area contributed by atoms with Crippen LogP contribution in [0.1, 0.15) is 42.5 Å². The molecule has 0 atom stereocenters. The van der Waals surface area contributed by atoms with E-state index in [1.807, 2.05) is 0 Å². The summed E-state index contributed by atoms with van der Waals surface area (Å²) in [6.07, 6.45) is 1.20. The molecule has 1 aromatic carbocycles. The summed E-state index contributed by atoms with van der Waals surface area (Å²) in [5.74, 6) is -5.04. The van der Waals surface area contributed by atoms with Crippen molar-refractivity contribution in [3.05, 3.63) is 28.5 Å². The van der Waals surface area contributed by atoms with Crippen LogP contribution in [0.4, 0.5) is 13.2 Å². The van der Waals surface area contributed by atoms with Crippen LogP contribution in [0.15, 0.2) is 12.1 Å². The zero-order valence-corrected chi connectivity index (χ0v) is 12.5. The normalized spacial score (nSPS) is 18.2. The number of carboxylic acid groups (broad SMARTS) is 1. The van der Waals surface area contributed by atoms with Gasteiger partial charge in [0.15, 0.2) is 0 Å². The predicted molar refractivity (Wildman–Crippen MR) is 72.8 cm³/mol. The van der Waals surface area contributed by atoms with Gasteiger partial charge in [0.25, 0.3) is 0 Å². The van der Waals surface area contributed by atoms with Crippen molar-refractivity contribution < 1.29 is 27.8 Å². The van der Waals surface area contributed by atoms with Gasteiger partial charge >= 0.3 is 0 Å². The van der Waals surface area contributed by atoms with Gasteiger partial charge in [0.2, 0.25) is 5.92 Å². The molecule has 0 spiro atoms. The van der Waals surface area contributed by atoms with E-state index in [-0.39, 0.29) is 36.1 Å². The third-order valence-electron chi connectivity index (χ3n) is 3.86. The van der Waals surface area contributed by atoms with Gasteiger partial charge in [-0.25, -0.2) is 13.2 Å². The highest BCUT2D eigenvalue weighted by atomic mass is 35.5. The standard InChI is InChI=1S/C15H16ClF3O3/c16-11-7-10(14(20)21)12(17)8-13(11)22-6-3-9-1-4-15(18,19)5-2-9/h7-9H,1-6H2,(H,20,21)/p-1. The van der Waals surface area contributed by atoms with Crippen LogP contribution in [0.2, 0.25) is 5.02 Å². The molecule has 0 aliphatic heterocycles. The van der Waals surface area contributed by atoms with E-state index in [1.54, 1.807) is 0 Å². The molecule has 0 heterocycles. The molecule has 0 aromatic heterocycles. The minimum absolute atomic E-state index is 0.0317. The minimum atomic E-state index is -2.56. The largest absolute Gasteiger partial charge is 0.545 e. The third-order valence-corrected chi connectivity index (χ3v) is 4.16. The molecule has 2 rings (SSSR count). The lowest BCUT2D eigenvalue weighted by Crippen LogP contribution is -2.25. The number of ether oxygens (including phenoxy) is 1. The molecule has 1 aliphatic carbocycles. The second-order valence-electron chi connectivity index (χ2n) is 5.49. The molecule has 122 valence electrons. The second-order valence-corrected chi connectivity index (χ2v) is 5.89. The summed E-state index contributed by atoms with van der Waals surface area (Å²) in [4.78, 5) is 10.6. The first-order valence-electron chi connectivity index (χ1n) is 6.99. The number of hydrogen-bond donors (Lipinski definition) is 0. The highest BCUT2D eigenvalue weighted by Gasteiger charge is 2.34. The summed E-state index contributed by atoms with van der Waals surface area (Å²) in [5.41, 5.74) is -0.633. The molecule has 22 heavy (non-hydrogen) atoms. The maximum Gasteiger partial charge on any atom is 0.248 e. The van der Waals surface area contributed by atoms with Gasteiger partial charge in [-0.15, -0.1) is 0 Å². The van der Waals surface area contributed by atoms with E-state index in [4.69, 9.17) is 16.3 Å². The molecule has 1 fully saturated rings. The lowest BCUT2D eigenvalue weighted by atomic mass is 9.85. The van der Waals surface area contributed by atoms with Gasteiger partial charge in [-0.05, 0) is 31.2 Å². The number of carbonyl (C=O) groups is 1. The van der Waals surface area contributed by atoms with Gasteiger partial charge in [-0.3, -0.25) is 0 Å². The smallest absolute Gasteiger partial charge is 0.248 e. The van der Waals surface area contributed by atoms with Crippen LogP contribution in [0, 0.1) is 11.7 Å². The van der Waals surface area contributed by atoms with E-state index in [0.717, 1.165) is 12.1 Å². The summed E-state index contributed by atoms with van der Waals surface area (Å²) in [6.45, 7) is 0.208. The number of carbonyl (C=O) groups excluding carboxylic acids is 1. The van der Waals surface area contributed by atoms with Crippen molar-refractivity contribution in [2.24, 2.45) is 5.92 Å². The van der Waals surface area contributed by atoms with Gasteiger partial charge in [0.1, 0.15) is 11.6 Å². The van der Waals surface area contributed by atoms with Crippen LogP contribution in [-0.4, -0.2) is 18.5 Å². The fourth-order valence-electron chi connectivity index (χ4n) is 2.52. The van der Waals surface area contributed by atoms with E-state index in [1.165, 1.54) is 0 Å². The predicted octanol–water partition coefficient (Wildman–Crippen LogP) is 3.44. The monoisotopic (exact) mass is 335 g/mol. The fourth-order valence-corrected chi connectivity index (χ4v) is 2.74. The highest BCUT2D eigenvalue weighted by molar-refractivity contribution is 6.32. The Kier molecular flexibility index (Phi) is 5.21. The van der Waals surface area contributed by atoms with Crippen LogP contribution in [0.5, 0.6) is 5.75 Å². The van der Waals surface area contributed by atoms with Crippen LogP contribution in [-0.2, 0) is 0 Å². The maximum absolute atomic E-state index is 13.5. The second kappa shape index (κ2) is 6.77. The van der Waals surface area contributed by atoms with E-state index in [9.17, 15) is 23.1 Å². The molecule has 0 bridgehead atoms. The van der Waals surface area contributed by atoms with Gasteiger partial charge in [0, 0.05) is 24.5 Å². The molecule has 0 saturated heterocycles. The molecule has 0 N–H and O–H groups in total. The molecule has 0 unspecified atom stereocenters. The average molecular weight is 336 g/mol. The topological polar surface area (TPSA) is 49.4 Å². The Morgan fingerprint density at radius 1 is 1.36 bits per heavy atom. The van der Waals surface area contributed by atoms with Gasteiger partial charge in [0.05, 0.1) is 17.6 Å². The van der Waals surface area contributed by atoms with Crippen LogP contribution in [0.3, 0.4) is 0 Å². The summed E-state index contributed by atoms with van der Waals surface area (Å²) in [6, 6.07) is 1.82. The van der Waals surface area contributed by atoms with Crippen LogP contribution >= 0.6 is 11.6 Å². The first-order chi connectivity index (χ1) is 10.3.